The van der Waals surface area contributed by atoms with Crippen LogP contribution in [0.15, 0.2) is 65.7 Å². The van der Waals surface area contributed by atoms with E-state index < -0.39 is 0 Å². The van der Waals surface area contributed by atoms with Gasteiger partial charge in [0, 0.05) is 6.04 Å². The Bertz CT molecular complexity index is 784. The zero-order valence-corrected chi connectivity index (χ0v) is 15.4. The highest BCUT2D eigenvalue weighted by molar-refractivity contribution is 5.92. The summed E-state index contributed by atoms with van der Waals surface area (Å²) in [6.07, 6.45) is 0. The van der Waals surface area contributed by atoms with Crippen LogP contribution in [0.1, 0.15) is 50.9 Å². The Kier molecular flexibility index (Phi) is 3.73. The van der Waals surface area contributed by atoms with Crippen LogP contribution in [-0.2, 0) is 4.74 Å². The summed E-state index contributed by atoms with van der Waals surface area (Å²) in [5.74, 6) is 0.883. The molecule has 1 unspecified atom stereocenters. The quantitative estimate of drug-likeness (QED) is 0.752. The molecule has 4 atom stereocenters. The van der Waals surface area contributed by atoms with Gasteiger partial charge in [-0.2, -0.15) is 0 Å². The Morgan fingerprint density at radius 3 is 2.16 bits per heavy atom. The third-order valence-corrected chi connectivity index (χ3v) is 5.49. The molecule has 130 valence electrons. The molecule has 0 aliphatic carbocycles. The number of hydrogen-bond donors (Lipinski definition) is 0. The molecule has 0 amide bonds. The van der Waals surface area contributed by atoms with E-state index in [1.165, 1.54) is 11.1 Å². The van der Waals surface area contributed by atoms with Gasteiger partial charge in [-0.25, -0.2) is 4.99 Å². The number of ether oxygens (including phenoxy) is 1. The van der Waals surface area contributed by atoms with Gasteiger partial charge in [0.05, 0.1) is 11.6 Å². The Morgan fingerprint density at radius 1 is 1.00 bits per heavy atom. The zero-order valence-electron chi connectivity index (χ0n) is 15.4. The van der Waals surface area contributed by atoms with Crippen molar-refractivity contribution in [3.8, 4) is 0 Å². The van der Waals surface area contributed by atoms with Crippen molar-refractivity contribution in [2.24, 2.45) is 4.99 Å². The lowest BCUT2D eigenvalue weighted by Gasteiger charge is -2.18. The normalized spacial score (nSPS) is 31.1. The molecule has 2 aromatic carbocycles. The molecular weight excluding hydrogens is 308 g/mol. The number of nitrogens with zero attached hydrogens (tertiary/aromatic N) is 2. The fourth-order valence-corrected chi connectivity index (χ4v) is 4.12. The summed E-state index contributed by atoms with van der Waals surface area (Å²) in [5, 5.41) is 0. The molecule has 0 radical (unpaired) electrons. The first-order chi connectivity index (χ1) is 11.9. The minimum Gasteiger partial charge on any atom is -0.477 e. The van der Waals surface area contributed by atoms with Gasteiger partial charge in [-0.1, -0.05) is 60.7 Å². The average molecular weight is 334 g/mol. The summed E-state index contributed by atoms with van der Waals surface area (Å²) in [6.45, 7) is 9.47. The predicted molar refractivity (Wildman–Crippen MR) is 102 cm³/mol. The van der Waals surface area contributed by atoms with Gasteiger partial charge in [0.25, 0.3) is 0 Å². The molecule has 0 aromatic heterocycles. The van der Waals surface area contributed by atoms with E-state index in [0.29, 0.717) is 12.6 Å². The van der Waals surface area contributed by atoms with Gasteiger partial charge in [0.15, 0.2) is 0 Å². The predicted octanol–water partition coefficient (Wildman–Crippen LogP) is 4.77. The van der Waals surface area contributed by atoms with Crippen LogP contribution in [0.5, 0.6) is 0 Å². The lowest BCUT2D eigenvalue weighted by molar-refractivity contribution is 0.259. The van der Waals surface area contributed by atoms with Crippen LogP contribution in [-0.4, -0.2) is 28.5 Å². The second-order valence-corrected chi connectivity index (χ2v) is 7.97. The summed E-state index contributed by atoms with van der Waals surface area (Å²) < 4.78 is 6.07. The molecule has 0 spiro atoms. The van der Waals surface area contributed by atoms with Crippen LogP contribution >= 0.6 is 0 Å². The van der Waals surface area contributed by atoms with Gasteiger partial charge >= 0.3 is 0 Å². The molecule has 2 aliphatic rings. The number of rotatable bonds is 4. The lowest BCUT2D eigenvalue weighted by Crippen LogP contribution is -2.28. The lowest BCUT2D eigenvalue weighted by atomic mass is 10.0. The molecule has 0 saturated carbocycles. The van der Waals surface area contributed by atoms with Crippen LogP contribution in [0.4, 0.5) is 0 Å². The minimum absolute atomic E-state index is 0.135. The SMILES string of the molecule is C[C@H](c1ccccc1)N1[C@@H](c2ccccc2)[C@]1(C)C1=NC(C)(C)CO1. The Balaban J connectivity index is 1.73. The van der Waals surface area contributed by atoms with Gasteiger partial charge in [0.2, 0.25) is 5.90 Å². The van der Waals surface area contributed by atoms with Gasteiger partial charge in [-0.3, -0.25) is 4.90 Å². The smallest absolute Gasteiger partial charge is 0.206 e. The van der Waals surface area contributed by atoms with Crippen molar-refractivity contribution in [2.75, 3.05) is 6.61 Å². The van der Waals surface area contributed by atoms with Gasteiger partial charge in [-0.05, 0) is 38.8 Å². The molecule has 4 rings (SSSR count). The topological polar surface area (TPSA) is 24.6 Å². The van der Waals surface area contributed by atoms with E-state index in [4.69, 9.17) is 9.73 Å². The second-order valence-electron chi connectivity index (χ2n) is 7.97. The molecule has 3 nitrogen and oxygen atoms in total. The Hall–Kier alpha value is -2.13. The van der Waals surface area contributed by atoms with Gasteiger partial charge in [0.1, 0.15) is 12.1 Å². The molecule has 2 aromatic rings. The molecule has 2 heterocycles. The van der Waals surface area contributed by atoms with E-state index in [9.17, 15) is 0 Å². The molecule has 0 N–H and O–H groups in total. The highest BCUT2D eigenvalue weighted by Gasteiger charge is 2.67. The van der Waals surface area contributed by atoms with Crippen LogP contribution in [0, 0.1) is 0 Å². The largest absolute Gasteiger partial charge is 0.477 e. The van der Waals surface area contributed by atoms with Crippen LogP contribution < -0.4 is 0 Å². The van der Waals surface area contributed by atoms with Crippen LogP contribution in [0.3, 0.4) is 0 Å². The van der Waals surface area contributed by atoms with E-state index in [1.54, 1.807) is 0 Å². The molecule has 2 aliphatic heterocycles. The second kappa shape index (κ2) is 5.70. The van der Waals surface area contributed by atoms with Crippen molar-refractivity contribution in [3.05, 3.63) is 71.8 Å². The highest BCUT2D eigenvalue weighted by Crippen LogP contribution is 2.59. The molecule has 3 heteroatoms. The summed E-state index contributed by atoms with van der Waals surface area (Å²) in [6, 6.07) is 22.0. The first kappa shape index (κ1) is 16.3. The van der Waals surface area contributed by atoms with E-state index >= 15 is 0 Å². The molecule has 0 bridgehead atoms. The van der Waals surface area contributed by atoms with E-state index in [0.717, 1.165) is 5.90 Å². The van der Waals surface area contributed by atoms with E-state index in [1.807, 2.05) is 0 Å². The van der Waals surface area contributed by atoms with Crippen LogP contribution in [0.2, 0.25) is 0 Å². The van der Waals surface area contributed by atoms with Crippen molar-refractivity contribution in [2.45, 2.75) is 50.9 Å². The Labute approximate surface area is 150 Å². The van der Waals surface area contributed by atoms with Gasteiger partial charge in [-0.15, -0.1) is 0 Å². The van der Waals surface area contributed by atoms with Crippen molar-refractivity contribution < 1.29 is 4.74 Å². The zero-order chi connectivity index (χ0) is 17.7. The maximum Gasteiger partial charge on any atom is 0.206 e. The van der Waals surface area contributed by atoms with E-state index in [-0.39, 0.29) is 17.1 Å². The van der Waals surface area contributed by atoms with Crippen molar-refractivity contribution in [1.82, 2.24) is 4.90 Å². The Morgan fingerprint density at radius 2 is 1.60 bits per heavy atom. The first-order valence-electron chi connectivity index (χ1n) is 9.05. The highest BCUT2D eigenvalue weighted by atomic mass is 16.5. The maximum atomic E-state index is 6.07. The standard InChI is InChI=1S/C22H26N2O/c1-16(17-11-7-5-8-12-17)24-19(18-13-9-6-10-14-18)22(24,4)20-23-21(2,3)15-25-20/h5-14,16,19H,15H2,1-4H3/t16-,19+,22-,24?/m1/s1. The number of aliphatic imine (C=N–C) groups is 1. The number of benzene rings is 2. The number of hydrogen-bond acceptors (Lipinski definition) is 3. The minimum atomic E-state index is -0.190. The summed E-state index contributed by atoms with van der Waals surface area (Å²) in [7, 11) is 0. The summed E-state index contributed by atoms with van der Waals surface area (Å²) >= 11 is 0. The fourth-order valence-electron chi connectivity index (χ4n) is 4.12. The summed E-state index contributed by atoms with van der Waals surface area (Å²) in [4.78, 5) is 7.43. The molecular formula is C22H26N2O. The summed E-state index contributed by atoms with van der Waals surface area (Å²) in [5.41, 5.74) is 2.32. The molecule has 1 saturated heterocycles. The maximum absolute atomic E-state index is 6.07. The molecule has 1 fully saturated rings. The van der Waals surface area contributed by atoms with Crippen molar-refractivity contribution in [1.29, 1.82) is 0 Å². The third-order valence-electron chi connectivity index (χ3n) is 5.49. The average Bonchev–Trinajstić information content (AvgIpc) is 3.09. The van der Waals surface area contributed by atoms with Crippen molar-refractivity contribution >= 4 is 5.90 Å². The fraction of sp³-hybridized carbons (Fsp3) is 0.409. The van der Waals surface area contributed by atoms with Gasteiger partial charge < -0.3 is 4.74 Å². The first-order valence-corrected chi connectivity index (χ1v) is 9.05. The van der Waals surface area contributed by atoms with E-state index in [2.05, 4.69) is 93.3 Å². The molecule has 25 heavy (non-hydrogen) atoms. The van der Waals surface area contributed by atoms with Crippen molar-refractivity contribution in [3.63, 3.8) is 0 Å². The third kappa shape index (κ3) is 2.67. The monoisotopic (exact) mass is 334 g/mol. The van der Waals surface area contributed by atoms with Crippen LogP contribution in [0.25, 0.3) is 0 Å².